The van der Waals surface area contributed by atoms with Crippen LogP contribution >= 0.6 is 15.9 Å². The summed E-state index contributed by atoms with van der Waals surface area (Å²) in [6.07, 6.45) is 1.10. The van der Waals surface area contributed by atoms with E-state index in [1.54, 1.807) is 6.92 Å². The summed E-state index contributed by atoms with van der Waals surface area (Å²) in [5.41, 5.74) is 1.16. The highest BCUT2D eigenvalue weighted by Gasteiger charge is 2.09. The SMILES string of the molecule is CCC(=O)OC(C)Cc1ccccc1Br. The first kappa shape index (κ1) is 12.2. The summed E-state index contributed by atoms with van der Waals surface area (Å²) in [7, 11) is 0. The fourth-order valence-corrected chi connectivity index (χ4v) is 1.77. The van der Waals surface area contributed by atoms with Gasteiger partial charge >= 0.3 is 5.97 Å². The highest BCUT2D eigenvalue weighted by atomic mass is 79.9. The van der Waals surface area contributed by atoms with Crippen LogP contribution in [0.5, 0.6) is 0 Å². The average Bonchev–Trinajstić information content (AvgIpc) is 2.21. The topological polar surface area (TPSA) is 26.3 Å². The van der Waals surface area contributed by atoms with Gasteiger partial charge in [-0.15, -0.1) is 0 Å². The summed E-state index contributed by atoms with van der Waals surface area (Å²) in [4.78, 5) is 11.1. The molecule has 0 aliphatic carbocycles. The molecule has 15 heavy (non-hydrogen) atoms. The first-order valence-corrected chi connectivity index (χ1v) is 5.85. The molecule has 0 bridgehead atoms. The molecule has 1 atom stereocenters. The van der Waals surface area contributed by atoms with Crippen molar-refractivity contribution in [2.45, 2.75) is 32.8 Å². The standard InChI is InChI=1S/C12H15BrO2/c1-3-12(14)15-9(2)8-10-6-4-5-7-11(10)13/h4-7,9H,3,8H2,1-2H3. The van der Waals surface area contributed by atoms with Gasteiger partial charge in [0.2, 0.25) is 0 Å². The normalized spacial score (nSPS) is 12.2. The first-order valence-electron chi connectivity index (χ1n) is 5.06. The van der Waals surface area contributed by atoms with Gasteiger partial charge in [0, 0.05) is 17.3 Å². The summed E-state index contributed by atoms with van der Waals surface area (Å²) >= 11 is 3.47. The summed E-state index contributed by atoms with van der Waals surface area (Å²) in [5.74, 6) is -0.144. The molecule has 0 aromatic heterocycles. The van der Waals surface area contributed by atoms with Crippen molar-refractivity contribution < 1.29 is 9.53 Å². The molecule has 0 aliphatic heterocycles. The predicted octanol–water partition coefficient (Wildman–Crippen LogP) is 3.33. The minimum absolute atomic E-state index is 0.0730. The summed E-state index contributed by atoms with van der Waals surface area (Å²) in [6.45, 7) is 3.71. The van der Waals surface area contributed by atoms with Gasteiger partial charge in [0.15, 0.2) is 0 Å². The summed E-state index contributed by atoms with van der Waals surface area (Å²) in [5, 5.41) is 0. The van der Waals surface area contributed by atoms with Crippen LogP contribution in [0.3, 0.4) is 0 Å². The van der Waals surface area contributed by atoms with E-state index in [9.17, 15) is 4.79 Å². The molecule has 0 N–H and O–H groups in total. The number of halogens is 1. The number of esters is 1. The highest BCUT2D eigenvalue weighted by molar-refractivity contribution is 9.10. The van der Waals surface area contributed by atoms with E-state index in [4.69, 9.17) is 4.74 Å². The minimum Gasteiger partial charge on any atom is -0.462 e. The van der Waals surface area contributed by atoms with E-state index in [-0.39, 0.29) is 12.1 Å². The second-order valence-electron chi connectivity index (χ2n) is 3.45. The van der Waals surface area contributed by atoms with Gasteiger partial charge < -0.3 is 4.74 Å². The van der Waals surface area contributed by atoms with Gasteiger partial charge in [-0.25, -0.2) is 0 Å². The van der Waals surface area contributed by atoms with Gasteiger partial charge in [-0.3, -0.25) is 4.79 Å². The van der Waals surface area contributed by atoms with Gasteiger partial charge in [0.25, 0.3) is 0 Å². The van der Waals surface area contributed by atoms with Gasteiger partial charge in [0.1, 0.15) is 6.10 Å². The molecular formula is C12H15BrO2. The van der Waals surface area contributed by atoms with Crippen LogP contribution < -0.4 is 0 Å². The Bertz CT molecular complexity index is 336. The number of hydrogen-bond acceptors (Lipinski definition) is 2. The lowest BCUT2D eigenvalue weighted by Gasteiger charge is -2.13. The zero-order valence-electron chi connectivity index (χ0n) is 9.00. The maximum Gasteiger partial charge on any atom is 0.305 e. The lowest BCUT2D eigenvalue weighted by atomic mass is 10.1. The van der Waals surface area contributed by atoms with Crippen molar-refractivity contribution in [1.82, 2.24) is 0 Å². The number of rotatable bonds is 4. The van der Waals surface area contributed by atoms with Crippen molar-refractivity contribution >= 4 is 21.9 Å². The zero-order chi connectivity index (χ0) is 11.3. The van der Waals surface area contributed by atoms with Gasteiger partial charge in [-0.2, -0.15) is 0 Å². The molecule has 82 valence electrons. The third-order valence-corrected chi connectivity index (χ3v) is 2.86. The van der Waals surface area contributed by atoms with Crippen molar-refractivity contribution in [3.63, 3.8) is 0 Å². The Hall–Kier alpha value is -0.830. The average molecular weight is 271 g/mol. The maximum atomic E-state index is 11.1. The quantitative estimate of drug-likeness (QED) is 0.785. The lowest BCUT2D eigenvalue weighted by molar-refractivity contribution is -0.147. The Morgan fingerprint density at radius 3 is 2.73 bits per heavy atom. The van der Waals surface area contributed by atoms with E-state index >= 15 is 0 Å². The van der Waals surface area contributed by atoms with Gasteiger partial charge in [-0.05, 0) is 18.6 Å². The molecule has 0 aliphatic rings. The van der Waals surface area contributed by atoms with Crippen LogP contribution in [0.2, 0.25) is 0 Å². The molecule has 0 amide bonds. The molecule has 0 fully saturated rings. The monoisotopic (exact) mass is 270 g/mol. The Labute approximate surface area is 98.8 Å². The van der Waals surface area contributed by atoms with Crippen molar-refractivity contribution in [2.24, 2.45) is 0 Å². The van der Waals surface area contributed by atoms with Crippen molar-refractivity contribution in [2.75, 3.05) is 0 Å². The molecule has 1 rings (SSSR count). The molecule has 0 radical (unpaired) electrons. The van der Waals surface area contributed by atoms with E-state index in [2.05, 4.69) is 15.9 Å². The second-order valence-corrected chi connectivity index (χ2v) is 4.30. The fraction of sp³-hybridized carbons (Fsp3) is 0.417. The molecule has 3 heteroatoms. The third kappa shape index (κ3) is 4.04. The number of carbonyl (C=O) groups is 1. The van der Waals surface area contributed by atoms with Crippen molar-refractivity contribution in [3.8, 4) is 0 Å². The van der Waals surface area contributed by atoms with Crippen LogP contribution in [0, 0.1) is 0 Å². The number of carbonyl (C=O) groups excluding carboxylic acids is 1. The van der Waals surface area contributed by atoms with E-state index < -0.39 is 0 Å². The lowest BCUT2D eigenvalue weighted by Crippen LogP contribution is -2.16. The van der Waals surface area contributed by atoms with Crippen LogP contribution in [0.1, 0.15) is 25.8 Å². The minimum atomic E-state index is -0.144. The van der Waals surface area contributed by atoms with Crippen molar-refractivity contribution in [3.05, 3.63) is 34.3 Å². The van der Waals surface area contributed by atoms with E-state index in [0.29, 0.717) is 6.42 Å². The third-order valence-electron chi connectivity index (χ3n) is 2.09. The van der Waals surface area contributed by atoms with Crippen LogP contribution in [0.4, 0.5) is 0 Å². The molecule has 0 heterocycles. The zero-order valence-corrected chi connectivity index (χ0v) is 10.6. The van der Waals surface area contributed by atoms with Crippen LogP contribution in [0.15, 0.2) is 28.7 Å². The predicted molar refractivity (Wildman–Crippen MR) is 63.7 cm³/mol. The Morgan fingerprint density at radius 2 is 2.13 bits per heavy atom. The molecule has 0 spiro atoms. The number of hydrogen-bond donors (Lipinski definition) is 0. The van der Waals surface area contributed by atoms with Gasteiger partial charge in [-0.1, -0.05) is 41.1 Å². The van der Waals surface area contributed by atoms with E-state index in [1.807, 2.05) is 31.2 Å². The molecule has 0 saturated carbocycles. The highest BCUT2D eigenvalue weighted by Crippen LogP contribution is 2.18. The summed E-state index contributed by atoms with van der Waals surface area (Å²) in [6, 6.07) is 7.97. The molecule has 1 aromatic rings. The smallest absolute Gasteiger partial charge is 0.305 e. The Kier molecular flexibility index (Phi) is 4.82. The summed E-state index contributed by atoms with van der Waals surface area (Å²) < 4.78 is 6.26. The largest absolute Gasteiger partial charge is 0.462 e. The molecule has 2 nitrogen and oxygen atoms in total. The fourth-order valence-electron chi connectivity index (χ4n) is 1.32. The number of ether oxygens (including phenoxy) is 1. The molecule has 1 aromatic carbocycles. The molecule has 0 saturated heterocycles. The van der Waals surface area contributed by atoms with Crippen LogP contribution in [-0.4, -0.2) is 12.1 Å². The maximum absolute atomic E-state index is 11.1. The van der Waals surface area contributed by atoms with E-state index in [1.165, 1.54) is 0 Å². The van der Waals surface area contributed by atoms with E-state index in [0.717, 1.165) is 16.5 Å². The van der Waals surface area contributed by atoms with Crippen LogP contribution in [0.25, 0.3) is 0 Å². The Morgan fingerprint density at radius 1 is 1.47 bits per heavy atom. The molecular weight excluding hydrogens is 256 g/mol. The second kappa shape index (κ2) is 5.91. The Balaban J connectivity index is 2.55. The van der Waals surface area contributed by atoms with Gasteiger partial charge in [0.05, 0.1) is 0 Å². The number of benzene rings is 1. The first-order chi connectivity index (χ1) is 7.13. The molecule has 1 unspecified atom stereocenters. The van der Waals surface area contributed by atoms with Crippen LogP contribution in [-0.2, 0) is 16.0 Å². The van der Waals surface area contributed by atoms with Crippen molar-refractivity contribution in [1.29, 1.82) is 0 Å².